The molecule has 0 spiro atoms. The number of anilines is 1. The molecule has 6 rings (SSSR count). The van der Waals surface area contributed by atoms with Crippen LogP contribution in [0.4, 0.5) is 5.82 Å². The lowest BCUT2D eigenvalue weighted by Gasteiger charge is -2.28. The Morgan fingerprint density at radius 2 is 1.83 bits per heavy atom. The minimum Gasteiger partial charge on any atom is -0.354 e. The Morgan fingerprint density at radius 3 is 2.52 bits per heavy atom. The van der Waals surface area contributed by atoms with Crippen LogP contribution in [0.1, 0.15) is 61.4 Å². The fraction of sp³-hybridized carbons (Fsp3) is 0.355. The highest BCUT2D eigenvalue weighted by atomic mass is 16.5. The van der Waals surface area contributed by atoms with Crippen LogP contribution in [-0.2, 0) is 5.41 Å². The third-order valence-corrected chi connectivity index (χ3v) is 7.58. The van der Waals surface area contributed by atoms with E-state index in [1.165, 1.54) is 0 Å². The Hall–Kier alpha value is -4.64. The number of pyridine rings is 1. The summed E-state index contributed by atoms with van der Waals surface area (Å²) in [6.07, 6.45) is 5.50. The molecule has 0 saturated carbocycles. The number of nitrogens with one attached hydrogen (secondary N) is 2. The Morgan fingerprint density at radius 1 is 1.05 bits per heavy atom. The molecule has 1 fully saturated rings. The van der Waals surface area contributed by atoms with Gasteiger partial charge in [0.25, 0.3) is 0 Å². The zero-order valence-electron chi connectivity index (χ0n) is 24.5. The molecule has 1 aromatic carbocycles. The second-order valence-corrected chi connectivity index (χ2v) is 11.7. The summed E-state index contributed by atoms with van der Waals surface area (Å²) in [7, 11) is 0. The van der Waals surface area contributed by atoms with Crippen LogP contribution in [-0.4, -0.2) is 61.8 Å². The van der Waals surface area contributed by atoms with Crippen LogP contribution in [0.3, 0.4) is 0 Å². The van der Waals surface area contributed by atoms with Gasteiger partial charge in [-0.15, -0.1) is 0 Å². The van der Waals surface area contributed by atoms with Crippen LogP contribution < -0.4 is 15.5 Å². The van der Waals surface area contributed by atoms with E-state index < -0.39 is 5.91 Å². The maximum absolute atomic E-state index is 12.8. The largest absolute Gasteiger partial charge is 0.354 e. The van der Waals surface area contributed by atoms with Gasteiger partial charge in [-0.2, -0.15) is 10.1 Å². The average molecular weight is 566 g/mol. The van der Waals surface area contributed by atoms with Crippen LogP contribution in [0, 0.1) is 6.92 Å². The molecule has 0 unspecified atom stereocenters. The summed E-state index contributed by atoms with van der Waals surface area (Å²) in [4.78, 5) is 28.7. The first kappa shape index (κ1) is 27.5. The molecule has 11 heteroatoms. The second kappa shape index (κ2) is 11.0. The van der Waals surface area contributed by atoms with E-state index in [2.05, 4.69) is 60.0 Å². The van der Waals surface area contributed by atoms with Gasteiger partial charge in [-0.25, -0.2) is 14.5 Å². The Bertz CT molecular complexity index is 1730. The Balaban J connectivity index is 1.21. The summed E-state index contributed by atoms with van der Waals surface area (Å²) in [5.74, 6) is 1.05. The lowest BCUT2D eigenvalue weighted by atomic mass is 9.96. The maximum atomic E-state index is 12.8. The van der Waals surface area contributed by atoms with Crippen LogP contribution in [0.5, 0.6) is 0 Å². The molecule has 1 aliphatic rings. The zero-order valence-corrected chi connectivity index (χ0v) is 24.5. The number of rotatable bonds is 6. The molecule has 4 aromatic heterocycles. The summed E-state index contributed by atoms with van der Waals surface area (Å²) in [6, 6.07) is 12.1. The predicted molar refractivity (Wildman–Crippen MR) is 160 cm³/mol. The number of carbonyl (C=O) groups is 1. The zero-order chi connectivity index (χ0) is 29.4. The van der Waals surface area contributed by atoms with Crippen molar-refractivity contribution in [3.8, 4) is 22.4 Å². The van der Waals surface area contributed by atoms with Crippen molar-refractivity contribution < 1.29 is 9.32 Å². The molecule has 0 bridgehead atoms. The monoisotopic (exact) mass is 565 g/mol. The summed E-state index contributed by atoms with van der Waals surface area (Å²) in [5, 5.41) is 14.8. The van der Waals surface area contributed by atoms with Crippen molar-refractivity contribution >= 4 is 17.2 Å². The van der Waals surface area contributed by atoms with Crippen molar-refractivity contribution in [1.82, 2.24) is 40.4 Å². The van der Waals surface area contributed by atoms with Crippen molar-refractivity contribution in [2.45, 2.75) is 46.1 Å². The standard InChI is InChI=1S/C31H35N9O2/c1-19-14-21(6-8-24(19)20(2)36-28(41)29-37-30(38-42-29)31(3,4)5)27-25-15-23(17-40(25)35-18-34-27)22-7-9-26(33-16-22)39-12-10-32-11-13-39/h6-9,14-18,20,32H,10-13H2,1-5H3,(H,36,41)/t20-/m1/s1. The first-order valence-electron chi connectivity index (χ1n) is 14.2. The van der Waals surface area contributed by atoms with Crippen LogP contribution in [0.2, 0.25) is 0 Å². The van der Waals surface area contributed by atoms with Gasteiger partial charge in [0.15, 0.2) is 5.82 Å². The molecule has 1 saturated heterocycles. The molecule has 1 amide bonds. The topological polar surface area (TPSA) is 126 Å². The van der Waals surface area contributed by atoms with Gasteiger partial charge in [0.2, 0.25) is 0 Å². The van der Waals surface area contributed by atoms with E-state index in [-0.39, 0.29) is 17.3 Å². The Labute approximate surface area is 244 Å². The fourth-order valence-corrected chi connectivity index (χ4v) is 5.21. The third-order valence-electron chi connectivity index (χ3n) is 7.58. The molecule has 11 nitrogen and oxygen atoms in total. The van der Waals surface area contributed by atoms with Gasteiger partial charge in [-0.3, -0.25) is 4.79 Å². The minimum atomic E-state index is -0.400. The fourth-order valence-electron chi connectivity index (χ4n) is 5.21. The van der Waals surface area contributed by atoms with E-state index in [1.54, 1.807) is 6.33 Å². The maximum Gasteiger partial charge on any atom is 0.315 e. The third kappa shape index (κ3) is 5.47. The highest BCUT2D eigenvalue weighted by Gasteiger charge is 2.25. The van der Waals surface area contributed by atoms with Crippen LogP contribution >= 0.6 is 0 Å². The van der Waals surface area contributed by atoms with Crippen molar-refractivity contribution in [3.63, 3.8) is 0 Å². The lowest BCUT2D eigenvalue weighted by molar-refractivity contribution is 0.0895. The molecule has 2 N–H and O–H groups in total. The van der Waals surface area contributed by atoms with E-state index >= 15 is 0 Å². The van der Waals surface area contributed by atoms with E-state index in [1.807, 2.05) is 63.7 Å². The quantitative estimate of drug-likeness (QED) is 0.309. The molecular formula is C31H35N9O2. The molecule has 1 aliphatic heterocycles. The normalized spacial score (nSPS) is 14.7. The number of benzene rings is 1. The van der Waals surface area contributed by atoms with Crippen molar-refractivity contribution in [1.29, 1.82) is 0 Å². The van der Waals surface area contributed by atoms with Crippen LogP contribution in [0.25, 0.3) is 27.9 Å². The average Bonchev–Trinajstić information content (AvgIpc) is 3.66. The number of carbonyl (C=O) groups excluding carboxylic acids is 1. The van der Waals surface area contributed by atoms with Gasteiger partial charge >= 0.3 is 11.8 Å². The molecule has 5 aromatic rings. The number of piperazine rings is 1. The highest BCUT2D eigenvalue weighted by Crippen LogP contribution is 2.30. The van der Waals surface area contributed by atoms with Crippen molar-refractivity contribution in [2.75, 3.05) is 31.1 Å². The van der Waals surface area contributed by atoms with Gasteiger partial charge in [0.05, 0.1) is 17.3 Å². The summed E-state index contributed by atoms with van der Waals surface area (Å²) >= 11 is 0. The smallest absolute Gasteiger partial charge is 0.315 e. The summed E-state index contributed by atoms with van der Waals surface area (Å²) in [5.41, 5.74) is 6.45. The molecule has 0 aliphatic carbocycles. The first-order chi connectivity index (χ1) is 20.2. The number of fused-ring (bicyclic) bond motifs is 1. The van der Waals surface area contributed by atoms with Crippen LogP contribution in [0.15, 0.2) is 59.6 Å². The number of hydrogen-bond acceptors (Lipinski definition) is 9. The Kier molecular flexibility index (Phi) is 7.19. The molecule has 0 radical (unpaired) electrons. The molecule has 42 heavy (non-hydrogen) atoms. The summed E-state index contributed by atoms with van der Waals surface area (Å²) in [6.45, 7) is 13.7. The number of aryl methyl sites for hydroxylation is 1. The SMILES string of the molecule is Cc1cc(-c2ncnn3cc(-c4ccc(N5CCNCC5)nc4)cc23)ccc1[C@@H](C)NC(=O)c1nc(C(C)(C)C)no1. The number of hydrogen-bond donors (Lipinski definition) is 2. The van der Waals surface area contributed by atoms with Gasteiger partial charge in [-0.05, 0) is 49.2 Å². The minimum absolute atomic E-state index is 0.0397. The van der Waals surface area contributed by atoms with Crippen molar-refractivity contribution in [2.24, 2.45) is 0 Å². The van der Waals surface area contributed by atoms with Gasteiger partial charge < -0.3 is 20.1 Å². The highest BCUT2D eigenvalue weighted by molar-refractivity contribution is 5.90. The molecule has 5 heterocycles. The number of aromatic nitrogens is 6. The van der Waals surface area contributed by atoms with Gasteiger partial charge in [-0.1, -0.05) is 38.1 Å². The lowest BCUT2D eigenvalue weighted by Crippen LogP contribution is -2.43. The number of nitrogens with zero attached hydrogens (tertiary/aromatic N) is 7. The van der Waals surface area contributed by atoms with Crippen molar-refractivity contribution in [3.05, 3.63) is 78.0 Å². The van der Waals surface area contributed by atoms with Gasteiger partial charge in [0, 0.05) is 60.7 Å². The van der Waals surface area contributed by atoms with E-state index in [0.717, 1.165) is 71.0 Å². The number of amides is 1. The molecular weight excluding hydrogens is 530 g/mol. The second-order valence-electron chi connectivity index (χ2n) is 11.7. The summed E-state index contributed by atoms with van der Waals surface area (Å²) < 4.78 is 7.06. The molecule has 216 valence electrons. The van der Waals surface area contributed by atoms with E-state index in [9.17, 15) is 4.79 Å². The van der Waals surface area contributed by atoms with Gasteiger partial charge in [0.1, 0.15) is 12.1 Å². The van der Waals surface area contributed by atoms with E-state index in [0.29, 0.717) is 5.82 Å². The molecule has 1 atom stereocenters. The first-order valence-corrected chi connectivity index (χ1v) is 14.2. The predicted octanol–water partition coefficient (Wildman–Crippen LogP) is 4.35. The van der Waals surface area contributed by atoms with E-state index in [4.69, 9.17) is 9.51 Å².